The first kappa shape index (κ1) is 18.2. The summed E-state index contributed by atoms with van der Waals surface area (Å²) < 4.78 is 0. The summed E-state index contributed by atoms with van der Waals surface area (Å²) in [6.45, 7) is 2.91. The molecule has 4 heteroatoms. The predicted octanol–water partition coefficient (Wildman–Crippen LogP) is 3.90. The highest BCUT2D eigenvalue weighted by Gasteiger charge is 2.40. The standard InChI is InChI=1S/C22H25NO3/c1-16(17-8-4-2-5-9-17)12-13-21(24)23-14-19(20(15-23)22(25)26)18-10-6-3-7-11-18/h2-11,16,19-20H,12-15H2,1H3,(H,25,26). The molecule has 2 aromatic carbocycles. The molecule has 1 amide bonds. The fraction of sp³-hybridized carbons (Fsp3) is 0.364. The van der Waals surface area contributed by atoms with Crippen LogP contribution in [0.5, 0.6) is 0 Å². The summed E-state index contributed by atoms with van der Waals surface area (Å²) in [7, 11) is 0. The van der Waals surface area contributed by atoms with Crippen molar-refractivity contribution in [2.24, 2.45) is 5.92 Å². The average molecular weight is 351 g/mol. The summed E-state index contributed by atoms with van der Waals surface area (Å²) >= 11 is 0. The number of hydrogen-bond donors (Lipinski definition) is 1. The van der Waals surface area contributed by atoms with Crippen molar-refractivity contribution in [3.8, 4) is 0 Å². The molecule has 0 spiro atoms. The quantitative estimate of drug-likeness (QED) is 0.859. The first-order valence-corrected chi connectivity index (χ1v) is 9.16. The summed E-state index contributed by atoms with van der Waals surface area (Å²) in [6.07, 6.45) is 1.22. The number of nitrogens with zero attached hydrogens (tertiary/aromatic N) is 1. The fourth-order valence-electron chi connectivity index (χ4n) is 3.74. The second-order valence-corrected chi connectivity index (χ2v) is 7.11. The van der Waals surface area contributed by atoms with E-state index in [4.69, 9.17) is 0 Å². The normalized spacial score (nSPS) is 20.7. The number of rotatable bonds is 6. The van der Waals surface area contributed by atoms with Gasteiger partial charge in [-0.2, -0.15) is 0 Å². The van der Waals surface area contributed by atoms with Gasteiger partial charge < -0.3 is 10.0 Å². The number of hydrogen-bond acceptors (Lipinski definition) is 2. The van der Waals surface area contributed by atoms with Crippen molar-refractivity contribution < 1.29 is 14.7 Å². The third kappa shape index (κ3) is 4.13. The van der Waals surface area contributed by atoms with Crippen LogP contribution < -0.4 is 0 Å². The van der Waals surface area contributed by atoms with Gasteiger partial charge in [0.05, 0.1) is 5.92 Å². The van der Waals surface area contributed by atoms with Gasteiger partial charge in [-0.1, -0.05) is 67.6 Å². The molecular formula is C22H25NO3. The van der Waals surface area contributed by atoms with Crippen LogP contribution >= 0.6 is 0 Å². The largest absolute Gasteiger partial charge is 0.481 e. The van der Waals surface area contributed by atoms with Crippen LogP contribution in [0.15, 0.2) is 60.7 Å². The maximum absolute atomic E-state index is 12.7. The molecule has 0 saturated carbocycles. The fourth-order valence-corrected chi connectivity index (χ4v) is 3.74. The predicted molar refractivity (Wildman–Crippen MR) is 101 cm³/mol. The highest BCUT2D eigenvalue weighted by Crippen LogP contribution is 2.33. The maximum atomic E-state index is 12.7. The van der Waals surface area contributed by atoms with Crippen molar-refractivity contribution in [3.63, 3.8) is 0 Å². The molecule has 3 rings (SSSR count). The number of aliphatic carboxylic acids is 1. The molecule has 1 aliphatic rings. The number of carboxylic acids is 1. The van der Waals surface area contributed by atoms with Crippen LogP contribution in [0.25, 0.3) is 0 Å². The van der Waals surface area contributed by atoms with Crippen molar-refractivity contribution in [3.05, 3.63) is 71.8 Å². The third-order valence-corrected chi connectivity index (χ3v) is 5.38. The Balaban J connectivity index is 1.62. The van der Waals surface area contributed by atoms with Crippen LogP contribution in [0.1, 0.15) is 42.7 Å². The Labute approximate surface area is 154 Å². The van der Waals surface area contributed by atoms with Gasteiger partial charge in [-0.05, 0) is 23.5 Å². The van der Waals surface area contributed by atoms with E-state index < -0.39 is 11.9 Å². The lowest BCUT2D eigenvalue weighted by Crippen LogP contribution is -2.29. The monoisotopic (exact) mass is 351 g/mol. The van der Waals surface area contributed by atoms with Crippen LogP contribution in [0.3, 0.4) is 0 Å². The Morgan fingerprint density at radius 3 is 2.27 bits per heavy atom. The Hall–Kier alpha value is -2.62. The van der Waals surface area contributed by atoms with Crippen molar-refractivity contribution in [2.45, 2.75) is 31.6 Å². The minimum atomic E-state index is -0.827. The van der Waals surface area contributed by atoms with Crippen LogP contribution in [-0.4, -0.2) is 35.0 Å². The van der Waals surface area contributed by atoms with Crippen LogP contribution in [0.4, 0.5) is 0 Å². The molecule has 1 saturated heterocycles. The third-order valence-electron chi connectivity index (χ3n) is 5.38. The van der Waals surface area contributed by atoms with E-state index in [1.165, 1.54) is 5.56 Å². The molecule has 0 radical (unpaired) electrons. The Bertz CT molecular complexity index is 744. The van der Waals surface area contributed by atoms with Gasteiger partial charge in [0.15, 0.2) is 0 Å². The van der Waals surface area contributed by atoms with E-state index in [0.717, 1.165) is 12.0 Å². The van der Waals surface area contributed by atoms with Gasteiger partial charge in [0.2, 0.25) is 5.91 Å². The Morgan fingerprint density at radius 2 is 1.65 bits per heavy atom. The van der Waals surface area contributed by atoms with Gasteiger partial charge in [-0.25, -0.2) is 0 Å². The van der Waals surface area contributed by atoms with E-state index in [2.05, 4.69) is 19.1 Å². The summed E-state index contributed by atoms with van der Waals surface area (Å²) in [4.78, 5) is 26.1. The van der Waals surface area contributed by atoms with Crippen LogP contribution in [0.2, 0.25) is 0 Å². The Morgan fingerprint density at radius 1 is 1.04 bits per heavy atom. The lowest BCUT2D eigenvalue weighted by atomic mass is 9.89. The van der Waals surface area contributed by atoms with Crippen molar-refractivity contribution in [1.29, 1.82) is 0 Å². The molecule has 1 fully saturated rings. The summed E-state index contributed by atoms with van der Waals surface area (Å²) in [5, 5.41) is 9.57. The van der Waals surface area contributed by atoms with Crippen LogP contribution in [-0.2, 0) is 9.59 Å². The smallest absolute Gasteiger partial charge is 0.308 e. The minimum Gasteiger partial charge on any atom is -0.481 e. The molecule has 3 unspecified atom stereocenters. The van der Waals surface area contributed by atoms with E-state index >= 15 is 0 Å². The molecule has 4 nitrogen and oxygen atoms in total. The van der Waals surface area contributed by atoms with Gasteiger partial charge in [0, 0.05) is 25.4 Å². The summed E-state index contributed by atoms with van der Waals surface area (Å²) in [6, 6.07) is 19.8. The number of amides is 1. The highest BCUT2D eigenvalue weighted by molar-refractivity contribution is 5.79. The first-order valence-electron chi connectivity index (χ1n) is 9.16. The molecule has 136 valence electrons. The lowest BCUT2D eigenvalue weighted by molar-refractivity contribution is -0.141. The number of carboxylic acid groups (broad SMARTS) is 1. The second-order valence-electron chi connectivity index (χ2n) is 7.11. The van der Waals surface area contributed by atoms with Gasteiger partial charge in [0.25, 0.3) is 0 Å². The molecule has 3 atom stereocenters. The van der Waals surface area contributed by atoms with Crippen molar-refractivity contribution in [2.75, 3.05) is 13.1 Å². The zero-order valence-electron chi connectivity index (χ0n) is 15.0. The lowest BCUT2D eigenvalue weighted by Gasteiger charge is -2.18. The topological polar surface area (TPSA) is 57.6 Å². The molecule has 26 heavy (non-hydrogen) atoms. The molecule has 1 heterocycles. The van der Waals surface area contributed by atoms with E-state index in [9.17, 15) is 14.7 Å². The molecule has 0 aliphatic carbocycles. The molecular weight excluding hydrogens is 326 g/mol. The number of benzene rings is 2. The summed E-state index contributed by atoms with van der Waals surface area (Å²) in [5.74, 6) is -1.13. The van der Waals surface area contributed by atoms with E-state index in [-0.39, 0.29) is 11.8 Å². The van der Waals surface area contributed by atoms with Gasteiger partial charge >= 0.3 is 5.97 Å². The number of carbonyl (C=O) groups is 2. The SMILES string of the molecule is CC(CCC(=O)N1CC(C(=O)O)C(c2ccccc2)C1)c1ccccc1. The van der Waals surface area contributed by atoms with Gasteiger partial charge in [-0.3, -0.25) is 9.59 Å². The van der Waals surface area contributed by atoms with E-state index in [1.54, 1.807) is 4.90 Å². The maximum Gasteiger partial charge on any atom is 0.308 e. The van der Waals surface area contributed by atoms with Crippen molar-refractivity contribution in [1.82, 2.24) is 4.90 Å². The van der Waals surface area contributed by atoms with Crippen LogP contribution in [0, 0.1) is 5.92 Å². The molecule has 1 aliphatic heterocycles. The van der Waals surface area contributed by atoms with Crippen molar-refractivity contribution >= 4 is 11.9 Å². The van der Waals surface area contributed by atoms with E-state index in [0.29, 0.717) is 25.4 Å². The zero-order chi connectivity index (χ0) is 18.5. The molecule has 2 aromatic rings. The highest BCUT2D eigenvalue weighted by atomic mass is 16.4. The Kier molecular flexibility index (Phi) is 5.71. The molecule has 0 bridgehead atoms. The average Bonchev–Trinajstić information content (AvgIpc) is 3.13. The minimum absolute atomic E-state index is 0.0532. The summed E-state index contributed by atoms with van der Waals surface area (Å²) in [5.41, 5.74) is 2.22. The van der Waals surface area contributed by atoms with E-state index in [1.807, 2.05) is 48.5 Å². The number of likely N-dealkylation sites (tertiary alicyclic amines) is 1. The molecule has 0 aromatic heterocycles. The number of carbonyl (C=O) groups excluding carboxylic acids is 1. The molecule has 1 N–H and O–H groups in total. The van der Waals surface area contributed by atoms with Gasteiger partial charge in [-0.15, -0.1) is 0 Å². The second kappa shape index (κ2) is 8.17. The zero-order valence-corrected chi connectivity index (χ0v) is 15.0. The van der Waals surface area contributed by atoms with Gasteiger partial charge in [0.1, 0.15) is 0 Å². The first-order chi connectivity index (χ1) is 12.6.